The fourth-order valence-electron chi connectivity index (χ4n) is 1.82. The molecule has 5 heteroatoms. The van der Waals surface area contributed by atoms with E-state index in [1.165, 1.54) is 18.4 Å². The van der Waals surface area contributed by atoms with Gasteiger partial charge in [-0.15, -0.1) is 0 Å². The molecule has 0 saturated heterocycles. The minimum atomic E-state index is -2.52. The minimum Gasteiger partial charge on any atom is -0.294 e. The molecular weight excluding hydrogens is 275 g/mol. The Bertz CT molecular complexity index is 696. The van der Waals surface area contributed by atoms with Crippen molar-refractivity contribution in [1.82, 2.24) is 4.98 Å². The van der Waals surface area contributed by atoms with E-state index in [0.717, 1.165) is 11.3 Å². The van der Waals surface area contributed by atoms with Crippen molar-refractivity contribution in [2.45, 2.75) is 13.5 Å². The van der Waals surface area contributed by atoms with Crippen molar-refractivity contribution in [2.75, 3.05) is 10.6 Å². The molecule has 1 atom stereocenters. The molecule has 0 saturated carbocycles. The molecule has 0 bridgehead atoms. The Balaban J connectivity index is 2.37. The van der Waals surface area contributed by atoms with Crippen molar-refractivity contribution < 1.29 is 8.60 Å². The Morgan fingerprint density at radius 3 is 2.65 bits per heavy atom. The second-order valence-electron chi connectivity index (χ2n) is 4.80. The number of aryl methyl sites for hydroxylation is 1. The zero-order chi connectivity index (χ0) is 14.8. The van der Waals surface area contributed by atoms with Gasteiger partial charge in [-0.3, -0.25) is 9.29 Å². The summed E-state index contributed by atoms with van der Waals surface area (Å²) in [5.41, 5.74) is 2.35. The van der Waals surface area contributed by atoms with Gasteiger partial charge in [-0.05, 0) is 42.6 Å². The molecule has 2 aromatic rings. The predicted octanol–water partition coefficient (Wildman–Crippen LogP) is 2.80. The number of rotatable bonds is 4. The second kappa shape index (κ2) is 5.63. The van der Waals surface area contributed by atoms with E-state index < -0.39 is 9.71 Å². The molecule has 0 aliphatic heterocycles. The molecule has 1 heterocycles. The lowest BCUT2D eigenvalue weighted by Gasteiger charge is -2.25. The van der Waals surface area contributed by atoms with Gasteiger partial charge in [0, 0.05) is 22.2 Å². The summed E-state index contributed by atoms with van der Waals surface area (Å²) in [5.74, 6) is 3.33. The number of benzene rings is 1. The molecule has 106 valence electrons. The largest absolute Gasteiger partial charge is 0.294 e. The predicted molar refractivity (Wildman–Crippen MR) is 82.7 cm³/mol. The van der Waals surface area contributed by atoms with Crippen LogP contribution in [-0.4, -0.2) is 21.3 Å². The first-order valence-corrected chi connectivity index (χ1v) is 8.22. The lowest BCUT2D eigenvalue weighted by molar-refractivity contribution is 0.627. The molecule has 1 aromatic carbocycles. The first-order valence-electron chi connectivity index (χ1n) is 6.13. The number of hydrogen-bond acceptors (Lipinski definition) is 2. The molecular formula is C15H17FN2OS. The van der Waals surface area contributed by atoms with Crippen molar-refractivity contribution in [3.8, 4) is 0 Å². The molecule has 0 aliphatic rings. The first kappa shape index (κ1) is 14.5. The van der Waals surface area contributed by atoms with E-state index in [2.05, 4.69) is 10.9 Å². The summed E-state index contributed by atoms with van der Waals surface area (Å²) >= 11 is 0. The number of halogens is 1. The molecule has 2 rings (SSSR count). The maximum Gasteiger partial charge on any atom is 0.125 e. The third kappa shape index (κ3) is 3.57. The fraction of sp³-hybridized carbons (Fsp3) is 0.200. The molecule has 0 fully saturated rings. The average Bonchev–Trinajstić information content (AvgIpc) is 2.36. The molecule has 1 aromatic heterocycles. The standard InChI is InChI=1S/C15H17FN2OS/c1-12-7-8-14(17-10-12)11-18(20(2,3)19)15-6-4-5-13(16)9-15/h4-10H,2,11H2,1,3H3. The molecule has 20 heavy (non-hydrogen) atoms. The maximum absolute atomic E-state index is 13.4. The molecule has 0 N–H and O–H groups in total. The van der Waals surface area contributed by atoms with E-state index in [9.17, 15) is 8.60 Å². The van der Waals surface area contributed by atoms with E-state index in [0.29, 0.717) is 12.2 Å². The minimum absolute atomic E-state index is 0.322. The van der Waals surface area contributed by atoms with Crippen LogP contribution >= 0.6 is 0 Å². The van der Waals surface area contributed by atoms with Crippen LogP contribution in [0.1, 0.15) is 11.3 Å². The van der Waals surface area contributed by atoms with Crippen LogP contribution in [0.4, 0.5) is 10.1 Å². The Morgan fingerprint density at radius 1 is 1.35 bits per heavy atom. The topological polar surface area (TPSA) is 33.2 Å². The Hall–Kier alpha value is -1.88. The highest BCUT2D eigenvalue weighted by atomic mass is 32.2. The van der Waals surface area contributed by atoms with E-state index in [-0.39, 0.29) is 5.82 Å². The summed E-state index contributed by atoms with van der Waals surface area (Å²) in [7, 11) is -2.52. The number of nitrogens with zero attached hydrogens (tertiary/aromatic N) is 2. The molecule has 0 aliphatic carbocycles. The quantitative estimate of drug-likeness (QED) is 0.812. The Morgan fingerprint density at radius 2 is 2.10 bits per heavy atom. The summed E-state index contributed by atoms with van der Waals surface area (Å²) in [4.78, 5) is 4.29. The van der Waals surface area contributed by atoms with Crippen molar-refractivity contribution >= 4 is 21.3 Å². The maximum atomic E-state index is 13.4. The monoisotopic (exact) mass is 292 g/mol. The highest BCUT2D eigenvalue weighted by molar-refractivity contribution is 8.00. The van der Waals surface area contributed by atoms with E-state index in [1.807, 2.05) is 19.1 Å². The van der Waals surface area contributed by atoms with Crippen LogP contribution in [0.5, 0.6) is 0 Å². The normalized spacial score (nSPS) is 13.8. The lowest BCUT2D eigenvalue weighted by Crippen LogP contribution is -2.29. The van der Waals surface area contributed by atoms with Crippen molar-refractivity contribution in [2.24, 2.45) is 0 Å². The van der Waals surface area contributed by atoms with Gasteiger partial charge in [-0.2, -0.15) is 0 Å². The van der Waals surface area contributed by atoms with Crippen LogP contribution < -0.4 is 4.31 Å². The number of aromatic nitrogens is 1. The molecule has 0 radical (unpaired) electrons. The van der Waals surface area contributed by atoms with E-state index in [1.54, 1.807) is 22.6 Å². The molecule has 0 amide bonds. The second-order valence-corrected chi connectivity index (χ2v) is 7.16. The van der Waals surface area contributed by atoms with Gasteiger partial charge in [-0.25, -0.2) is 8.60 Å². The van der Waals surface area contributed by atoms with Gasteiger partial charge in [0.05, 0.1) is 17.9 Å². The summed E-state index contributed by atoms with van der Waals surface area (Å²) in [5, 5.41) is 0. The fourth-order valence-corrected chi connectivity index (χ4v) is 2.79. The number of hydrogen-bond donors (Lipinski definition) is 0. The smallest absolute Gasteiger partial charge is 0.125 e. The van der Waals surface area contributed by atoms with Gasteiger partial charge in [0.15, 0.2) is 0 Å². The summed E-state index contributed by atoms with van der Waals surface area (Å²) in [6, 6.07) is 9.81. The highest BCUT2D eigenvalue weighted by Gasteiger charge is 2.14. The van der Waals surface area contributed by atoms with Gasteiger partial charge < -0.3 is 0 Å². The van der Waals surface area contributed by atoms with Crippen molar-refractivity contribution in [3.05, 3.63) is 59.7 Å². The summed E-state index contributed by atoms with van der Waals surface area (Å²) in [6.07, 6.45) is 3.28. The third-order valence-electron chi connectivity index (χ3n) is 2.84. The van der Waals surface area contributed by atoms with Crippen LogP contribution in [0.15, 0.2) is 42.6 Å². The summed E-state index contributed by atoms with van der Waals surface area (Å²) in [6.45, 7) is 2.27. The van der Waals surface area contributed by atoms with E-state index in [4.69, 9.17) is 0 Å². The van der Waals surface area contributed by atoms with Gasteiger partial charge in [-0.1, -0.05) is 12.1 Å². The van der Waals surface area contributed by atoms with Crippen LogP contribution in [0.3, 0.4) is 0 Å². The van der Waals surface area contributed by atoms with Gasteiger partial charge in [0.2, 0.25) is 0 Å². The van der Waals surface area contributed by atoms with Gasteiger partial charge >= 0.3 is 0 Å². The van der Waals surface area contributed by atoms with Crippen molar-refractivity contribution in [3.63, 3.8) is 0 Å². The third-order valence-corrected chi connectivity index (χ3v) is 4.11. The van der Waals surface area contributed by atoms with Gasteiger partial charge in [0.1, 0.15) is 5.82 Å². The Kier molecular flexibility index (Phi) is 4.09. The zero-order valence-electron chi connectivity index (χ0n) is 11.5. The van der Waals surface area contributed by atoms with Crippen LogP contribution in [-0.2, 0) is 16.3 Å². The van der Waals surface area contributed by atoms with Crippen LogP contribution in [0.25, 0.3) is 0 Å². The van der Waals surface area contributed by atoms with Crippen molar-refractivity contribution in [1.29, 1.82) is 0 Å². The lowest BCUT2D eigenvalue weighted by atomic mass is 10.2. The molecule has 1 unspecified atom stereocenters. The average molecular weight is 292 g/mol. The van der Waals surface area contributed by atoms with Crippen LogP contribution in [0, 0.1) is 12.7 Å². The van der Waals surface area contributed by atoms with Crippen LogP contribution in [0.2, 0.25) is 0 Å². The summed E-state index contributed by atoms with van der Waals surface area (Å²) < 4.78 is 27.3. The van der Waals surface area contributed by atoms with Gasteiger partial charge in [0.25, 0.3) is 0 Å². The number of pyridine rings is 1. The highest BCUT2D eigenvalue weighted by Crippen LogP contribution is 2.20. The van der Waals surface area contributed by atoms with E-state index >= 15 is 0 Å². The molecule has 3 nitrogen and oxygen atoms in total. The Labute approximate surface area is 119 Å². The zero-order valence-corrected chi connectivity index (χ0v) is 12.4. The SMILES string of the molecule is C=S(C)(=O)N(Cc1ccc(C)cn1)c1cccc(F)c1. The first-order chi connectivity index (χ1) is 9.36. The molecule has 0 spiro atoms. The number of anilines is 1.